The van der Waals surface area contributed by atoms with Gasteiger partial charge in [-0.15, -0.1) is 0 Å². The van der Waals surface area contributed by atoms with E-state index in [1.165, 1.54) is 0 Å². The Kier molecular flexibility index (Phi) is 8.96. The van der Waals surface area contributed by atoms with Crippen molar-refractivity contribution in [2.45, 2.75) is 39.8 Å². The lowest BCUT2D eigenvalue weighted by molar-refractivity contribution is 0.0139. The summed E-state index contributed by atoms with van der Waals surface area (Å²) >= 11 is 0. The van der Waals surface area contributed by atoms with Gasteiger partial charge >= 0.3 is 6.09 Å². The lowest BCUT2D eigenvalue weighted by atomic mass is 10.1. The molecule has 2 amide bonds. The number of nitrogens with zero attached hydrogens (tertiary/aromatic N) is 5. The molecule has 0 aliphatic carbocycles. The predicted molar refractivity (Wildman–Crippen MR) is 167 cm³/mol. The molecule has 5 rings (SSSR count). The zero-order valence-corrected chi connectivity index (χ0v) is 25.0. The summed E-state index contributed by atoms with van der Waals surface area (Å²) in [5, 5.41) is 6.27. The predicted octanol–water partition coefficient (Wildman–Crippen LogP) is 5.90. The first-order chi connectivity index (χ1) is 20.6. The Bertz CT molecular complexity index is 1560. The van der Waals surface area contributed by atoms with Gasteiger partial charge in [0.25, 0.3) is 5.91 Å². The molecule has 0 atom stereocenters. The first kappa shape index (κ1) is 29.7. The zero-order chi connectivity index (χ0) is 30.4. The highest BCUT2D eigenvalue weighted by Gasteiger charge is 2.25. The number of hydrogen-bond donors (Lipinski definition) is 2. The molecule has 0 radical (unpaired) electrons. The van der Waals surface area contributed by atoms with Crippen LogP contribution in [0.15, 0.2) is 79.3 Å². The monoisotopic (exact) mass is 581 g/mol. The highest BCUT2D eigenvalue weighted by Crippen LogP contribution is 2.25. The second-order valence-electron chi connectivity index (χ2n) is 11.6. The smallest absolute Gasteiger partial charge is 0.410 e. The van der Waals surface area contributed by atoms with E-state index in [1.807, 2.05) is 88.4 Å². The number of hydrogen-bond acceptors (Lipinski definition) is 8. The van der Waals surface area contributed by atoms with E-state index in [4.69, 9.17) is 4.74 Å². The topological polar surface area (TPSA) is 113 Å². The lowest BCUT2D eigenvalue weighted by Gasteiger charge is -2.35. The zero-order valence-electron chi connectivity index (χ0n) is 25.0. The van der Waals surface area contributed by atoms with Gasteiger partial charge in [-0.3, -0.25) is 14.7 Å². The van der Waals surface area contributed by atoms with Gasteiger partial charge in [0.15, 0.2) is 0 Å². The number of ether oxygens (including phenoxy) is 1. The molecule has 0 bridgehead atoms. The van der Waals surface area contributed by atoms with E-state index < -0.39 is 5.60 Å². The van der Waals surface area contributed by atoms with Gasteiger partial charge in [0.2, 0.25) is 5.95 Å². The van der Waals surface area contributed by atoms with Crippen molar-refractivity contribution >= 4 is 29.3 Å². The fraction of sp³-hybridized carbons (Fsp3) is 0.303. The van der Waals surface area contributed by atoms with Gasteiger partial charge in [0, 0.05) is 73.8 Å². The number of pyridine rings is 1. The largest absolute Gasteiger partial charge is 0.444 e. The molecule has 1 saturated heterocycles. The molecule has 43 heavy (non-hydrogen) atoms. The van der Waals surface area contributed by atoms with Gasteiger partial charge in [0.1, 0.15) is 5.60 Å². The molecule has 4 aromatic rings. The summed E-state index contributed by atoms with van der Waals surface area (Å²) in [6.45, 7) is 11.2. The number of rotatable bonds is 7. The maximum Gasteiger partial charge on any atom is 0.410 e. The Hall–Kier alpha value is -4.83. The summed E-state index contributed by atoms with van der Waals surface area (Å²) in [7, 11) is 0. The SMILES string of the molecule is Cc1ccc(N[14C](=O)c2ccc(CN3CCN(C(=O)OC(C)(C)C)CC3)cc2)cc1Nc1nccc(-c2cccnc2)n1. The van der Waals surface area contributed by atoms with E-state index in [0.29, 0.717) is 30.3 Å². The quantitative estimate of drug-likeness (QED) is 0.278. The molecule has 0 spiro atoms. The molecule has 1 aliphatic heterocycles. The Labute approximate surface area is 252 Å². The van der Waals surface area contributed by atoms with Crippen LogP contribution in [0.5, 0.6) is 0 Å². The Morgan fingerprint density at radius 1 is 1.00 bits per heavy atom. The molecule has 3 heterocycles. The molecule has 1 fully saturated rings. The van der Waals surface area contributed by atoms with E-state index in [1.54, 1.807) is 23.5 Å². The van der Waals surface area contributed by atoms with Crippen molar-refractivity contribution in [1.82, 2.24) is 24.8 Å². The van der Waals surface area contributed by atoms with Crippen LogP contribution in [0, 0.1) is 6.92 Å². The van der Waals surface area contributed by atoms with Gasteiger partial charge in [0.05, 0.1) is 5.69 Å². The molecule has 2 aromatic carbocycles. The standard InChI is InChI=1S/C33H37N7O3/c1-23-7-12-27(20-29(23)38-31-35-15-13-28(37-31)26-6-5-14-34-21-26)36-30(41)25-10-8-24(9-11-25)22-39-16-18-40(19-17-39)32(42)43-33(2,3)4/h5-15,20-21H,16-19,22H2,1-4H3,(H,36,41)(H,35,37,38)/i30+2. The number of aromatic nitrogens is 3. The van der Waals surface area contributed by atoms with E-state index in [-0.39, 0.29) is 12.0 Å². The minimum atomic E-state index is -0.497. The summed E-state index contributed by atoms with van der Waals surface area (Å²) in [5.74, 6) is 0.261. The van der Waals surface area contributed by atoms with Gasteiger partial charge in [-0.25, -0.2) is 14.8 Å². The highest BCUT2D eigenvalue weighted by atomic mass is 16.6. The van der Waals surface area contributed by atoms with Crippen LogP contribution < -0.4 is 10.6 Å². The molecular weight excluding hydrogens is 544 g/mol. The van der Waals surface area contributed by atoms with E-state index in [2.05, 4.69) is 30.5 Å². The van der Waals surface area contributed by atoms with Crippen LogP contribution in [-0.4, -0.2) is 68.5 Å². The number of amides is 2. The number of benzene rings is 2. The molecule has 0 unspecified atom stereocenters. The maximum absolute atomic E-state index is 13.0. The fourth-order valence-electron chi connectivity index (χ4n) is 4.69. The van der Waals surface area contributed by atoms with Crippen LogP contribution in [0.4, 0.5) is 22.1 Å². The Morgan fingerprint density at radius 3 is 2.47 bits per heavy atom. The van der Waals surface area contributed by atoms with E-state index in [9.17, 15) is 9.59 Å². The van der Waals surface area contributed by atoms with Crippen LogP contribution in [0.3, 0.4) is 0 Å². The number of piperazine rings is 1. The van der Waals surface area contributed by atoms with Crippen molar-refractivity contribution in [1.29, 1.82) is 0 Å². The lowest BCUT2D eigenvalue weighted by Crippen LogP contribution is -2.49. The van der Waals surface area contributed by atoms with Gasteiger partial charge in [-0.05, 0) is 81.3 Å². The molecule has 0 saturated carbocycles. The molecule has 222 valence electrons. The molecule has 10 heteroatoms. The van der Waals surface area contributed by atoms with E-state index >= 15 is 0 Å². The van der Waals surface area contributed by atoms with Crippen molar-refractivity contribution in [2.24, 2.45) is 0 Å². The normalized spacial score (nSPS) is 13.8. The van der Waals surface area contributed by atoms with E-state index in [0.717, 1.165) is 47.7 Å². The van der Waals surface area contributed by atoms with Crippen LogP contribution >= 0.6 is 0 Å². The maximum atomic E-state index is 13.0. The first-order valence-corrected chi connectivity index (χ1v) is 14.3. The summed E-state index contributed by atoms with van der Waals surface area (Å²) in [4.78, 5) is 42.6. The number of carbonyl (C=O) groups is 2. The third kappa shape index (κ3) is 8.14. The average molecular weight is 582 g/mol. The summed E-state index contributed by atoms with van der Waals surface area (Å²) in [6.07, 6.45) is 4.92. The second kappa shape index (κ2) is 13.0. The number of nitrogens with one attached hydrogen (secondary N) is 2. The summed E-state index contributed by atoms with van der Waals surface area (Å²) < 4.78 is 5.49. The highest BCUT2D eigenvalue weighted by molar-refractivity contribution is 6.04. The Morgan fingerprint density at radius 2 is 1.77 bits per heavy atom. The third-order valence-electron chi connectivity index (χ3n) is 7.00. The minimum absolute atomic E-state index is 0.192. The van der Waals surface area contributed by atoms with Crippen molar-refractivity contribution in [3.05, 3.63) is 95.9 Å². The summed E-state index contributed by atoms with van der Waals surface area (Å²) in [6, 6.07) is 19.0. The Balaban J connectivity index is 1.16. The van der Waals surface area contributed by atoms with Gasteiger partial charge in [-0.1, -0.05) is 18.2 Å². The summed E-state index contributed by atoms with van der Waals surface area (Å²) in [5.41, 5.74) is 5.29. The number of aryl methyl sites for hydroxylation is 1. The molecule has 10 nitrogen and oxygen atoms in total. The third-order valence-corrected chi connectivity index (χ3v) is 7.00. The number of anilines is 3. The van der Waals surface area contributed by atoms with Crippen LogP contribution in [0.1, 0.15) is 42.3 Å². The van der Waals surface area contributed by atoms with Crippen molar-refractivity contribution in [3.63, 3.8) is 0 Å². The first-order valence-electron chi connectivity index (χ1n) is 14.3. The minimum Gasteiger partial charge on any atom is -0.444 e. The molecular formula is C33H37N7O3. The van der Waals surface area contributed by atoms with Crippen LogP contribution in [0.25, 0.3) is 11.3 Å². The molecule has 2 aromatic heterocycles. The number of carbonyl (C=O) groups excluding carboxylic acids is 2. The fourth-order valence-corrected chi connectivity index (χ4v) is 4.69. The van der Waals surface area contributed by atoms with Crippen molar-refractivity contribution in [2.75, 3.05) is 36.8 Å². The van der Waals surface area contributed by atoms with Crippen LogP contribution in [0.2, 0.25) is 0 Å². The van der Waals surface area contributed by atoms with Crippen molar-refractivity contribution in [3.8, 4) is 11.3 Å². The average Bonchev–Trinajstić information content (AvgIpc) is 2.99. The molecule has 2 N–H and O–H groups in total. The van der Waals surface area contributed by atoms with Crippen molar-refractivity contribution < 1.29 is 14.3 Å². The molecule has 1 aliphatic rings. The van der Waals surface area contributed by atoms with Gasteiger partial charge < -0.3 is 20.3 Å². The second-order valence-corrected chi connectivity index (χ2v) is 11.6. The van der Waals surface area contributed by atoms with Crippen LogP contribution in [-0.2, 0) is 11.3 Å². The van der Waals surface area contributed by atoms with Gasteiger partial charge in [-0.2, -0.15) is 0 Å².